The molecule has 2 aliphatic heterocycles. The largest absolute Gasteiger partial charge is 0.362 e. The summed E-state index contributed by atoms with van der Waals surface area (Å²) in [5.41, 5.74) is 1.02. The van der Waals surface area contributed by atoms with Crippen LogP contribution in [0.15, 0.2) is 35.7 Å². The maximum atomic E-state index is 13.3. The molecule has 0 unspecified atom stereocenters. The van der Waals surface area contributed by atoms with E-state index in [4.69, 9.17) is 11.6 Å². The highest BCUT2D eigenvalue weighted by atomic mass is 35.5. The summed E-state index contributed by atoms with van der Waals surface area (Å²) in [5.74, 6) is -0.430. The first-order chi connectivity index (χ1) is 15.3. The van der Waals surface area contributed by atoms with Crippen LogP contribution in [0.2, 0.25) is 5.02 Å². The molecule has 0 atom stereocenters. The van der Waals surface area contributed by atoms with E-state index in [0.29, 0.717) is 18.2 Å². The van der Waals surface area contributed by atoms with Gasteiger partial charge in [-0.3, -0.25) is 14.4 Å². The molecule has 1 saturated carbocycles. The summed E-state index contributed by atoms with van der Waals surface area (Å²) in [7, 11) is 0. The van der Waals surface area contributed by atoms with E-state index < -0.39 is 0 Å². The van der Waals surface area contributed by atoms with Crippen LogP contribution >= 0.6 is 11.6 Å². The van der Waals surface area contributed by atoms with Crippen molar-refractivity contribution in [3.05, 3.63) is 40.7 Å². The third-order valence-electron chi connectivity index (χ3n) is 6.56. The molecule has 9 heteroatoms. The Bertz CT molecular complexity index is 953. The van der Waals surface area contributed by atoms with Gasteiger partial charge in [0.05, 0.1) is 12.1 Å². The van der Waals surface area contributed by atoms with Crippen LogP contribution in [-0.2, 0) is 14.4 Å². The fourth-order valence-electron chi connectivity index (χ4n) is 4.87. The molecule has 1 aromatic rings. The second-order valence-electron chi connectivity index (χ2n) is 9.12. The van der Waals surface area contributed by atoms with Crippen molar-refractivity contribution in [1.82, 2.24) is 21.3 Å². The summed E-state index contributed by atoms with van der Waals surface area (Å²) >= 11 is 6.11. The molecule has 2 fully saturated rings. The van der Waals surface area contributed by atoms with Crippen molar-refractivity contribution >= 4 is 35.0 Å². The van der Waals surface area contributed by atoms with E-state index in [-0.39, 0.29) is 46.6 Å². The van der Waals surface area contributed by atoms with Gasteiger partial charge in [0.15, 0.2) is 0 Å². The van der Waals surface area contributed by atoms with Crippen LogP contribution in [0.4, 0.5) is 5.69 Å². The maximum Gasteiger partial charge on any atom is 0.269 e. The van der Waals surface area contributed by atoms with Gasteiger partial charge in [-0.2, -0.15) is 0 Å². The third-order valence-corrected chi connectivity index (χ3v) is 6.80. The lowest BCUT2D eigenvalue weighted by Gasteiger charge is -2.36. The second-order valence-corrected chi connectivity index (χ2v) is 9.56. The molecule has 0 radical (unpaired) electrons. The molecular weight excluding hydrogens is 430 g/mol. The smallest absolute Gasteiger partial charge is 0.269 e. The van der Waals surface area contributed by atoms with Crippen LogP contribution in [0.1, 0.15) is 46.0 Å². The summed E-state index contributed by atoms with van der Waals surface area (Å²) in [5, 5.41) is 12.4. The molecular formula is C23H30ClN5O3. The molecule has 2 heterocycles. The van der Waals surface area contributed by atoms with Crippen molar-refractivity contribution in [2.24, 2.45) is 5.41 Å². The quantitative estimate of drug-likeness (QED) is 0.539. The van der Waals surface area contributed by atoms with Crippen molar-refractivity contribution in [2.45, 2.75) is 58.0 Å². The highest BCUT2D eigenvalue weighted by Gasteiger charge is 2.49. The van der Waals surface area contributed by atoms with Crippen molar-refractivity contribution < 1.29 is 14.4 Å². The molecule has 1 aliphatic carbocycles. The van der Waals surface area contributed by atoms with Gasteiger partial charge in [-0.25, -0.2) is 0 Å². The molecule has 1 aromatic carbocycles. The van der Waals surface area contributed by atoms with Gasteiger partial charge in [0.25, 0.3) is 11.8 Å². The van der Waals surface area contributed by atoms with Crippen molar-refractivity contribution in [2.75, 3.05) is 18.1 Å². The molecule has 4 rings (SSSR count). The van der Waals surface area contributed by atoms with Crippen LogP contribution in [0.25, 0.3) is 0 Å². The Morgan fingerprint density at radius 2 is 1.81 bits per heavy atom. The summed E-state index contributed by atoms with van der Waals surface area (Å²) < 4.78 is 0. The van der Waals surface area contributed by atoms with Gasteiger partial charge in [-0.05, 0) is 64.2 Å². The Hall–Kier alpha value is -2.74. The predicted molar refractivity (Wildman–Crippen MR) is 123 cm³/mol. The highest BCUT2D eigenvalue weighted by molar-refractivity contribution is 6.31. The molecule has 0 aromatic heterocycles. The number of nitrogens with zero attached hydrogens (tertiary/aromatic N) is 1. The fourth-order valence-corrected chi connectivity index (χ4v) is 5.05. The number of halogens is 1. The Morgan fingerprint density at radius 3 is 2.47 bits per heavy atom. The molecule has 3 aliphatic rings. The van der Waals surface area contributed by atoms with Crippen molar-refractivity contribution in [3.8, 4) is 0 Å². The first-order valence-electron chi connectivity index (χ1n) is 11.2. The fraction of sp³-hybridized carbons (Fsp3) is 0.522. The number of benzene rings is 1. The first kappa shape index (κ1) is 22.5. The molecule has 172 valence electrons. The van der Waals surface area contributed by atoms with Crippen LogP contribution in [0.5, 0.6) is 0 Å². The first-order valence-corrected chi connectivity index (χ1v) is 11.6. The van der Waals surface area contributed by atoms with Crippen molar-refractivity contribution in [1.29, 1.82) is 0 Å². The summed E-state index contributed by atoms with van der Waals surface area (Å²) in [6, 6.07) is 7.36. The normalized spacial score (nSPS) is 25.2. The topological polar surface area (TPSA) is 103 Å². The molecule has 4 N–H and O–H groups in total. The Balaban J connectivity index is 1.36. The summed E-state index contributed by atoms with van der Waals surface area (Å²) in [4.78, 5) is 40.3. The minimum absolute atomic E-state index is 0.0216. The number of hydrogen-bond acceptors (Lipinski definition) is 5. The van der Waals surface area contributed by atoms with E-state index in [9.17, 15) is 14.4 Å². The number of anilines is 1. The Morgan fingerprint density at radius 1 is 1.12 bits per heavy atom. The zero-order valence-electron chi connectivity index (χ0n) is 18.5. The second kappa shape index (κ2) is 9.02. The number of hydrogen-bond donors (Lipinski definition) is 4. The van der Waals surface area contributed by atoms with Gasteiger partial charge < -0.3 is 26.2 Å². The monoisotopic (exact) mass is 459 g/mol. The van der Waals surface area contributed by atoms with E-state index >= 15 is 0 Å². The molecule has 1 spiro atoms. The van der Waals surface area contributed by atoms with Gasteiger partial charge in [0.1, 0.15) is 11.4 Å². The summed E-state index contributed by atoms with van der Waals surface area (Å²) in [6.07, 6.45) is 3.75. The number of carbonyl (C=O) groups excluding carboxylic acids is 3. The minimum Gasteiger partial charge on any atom is -0.362 e. The van der Waals surface area contributed by atoms with Crippen LogP contribution in [0.3, 0.4) is 0 Å². The Labute approximate surface area is 193 Å². The van der Waals surface area contributed by atoms with E-state index in [0.717, 1.165) is 37.8 Å². The lowest BCUT2D eigenvalue weighted by atomic mass is 9.71. The molecule has 32 heavy (non-hydrogen) atoms. The van der Waals surface area contributed by atoms with Crippen LogP contribution in [-0.4, -0.2) is 43.0 Å². The number of nitrogens with one attached hydrogen (secondary N) is 4. The zero-order valence-corrected chi connectivity index (χ0v) is 19.2. The van der Waals surface area contributed by atoms with E-state index in [2.05, 4.69) is 21.3 Å². The molecule has 3 amide bonds. The number of carbonyl (C=O) groups is 3. The predicted octanol–water partition coefficient (Wildman–Crippen LogP) is 2.01. The average Bonchev–Trinajstić information content (AvgIpc) is 3.36. The van der Waals surface area contributed by atoms with E-state index in [1.54, 1.807) is 6.07 Å². The average molecular weight is 460 g/mol. The highest BCUT2D eigenvalue weighted by Crippen LogP contribution is 2.46. The maximum absolute atomic E-state index is 13.3. The van der Waals surface area contributed by atoms with Crippen LogP contribution < -0.4 is 26.2 Å². The molecule has 8 nitrogen and oxygen atoms in total. The Kier molecular flexibility index (Phi) is 6.33. The van der Waals surface area contributed by atoms with Gasteiger partial charge >= 0.3 is 0 Å². The lowest BCUT2D eigenvalue weighted by molar-refractivity contribution is -0.127. The van der Waals surface area contributed by atoms with E-state index in [1.807, 2.05) is 36.9 Å². The van der Waals surface area contributed by atoms with Crippen molar-refractivity contribution in [3.63, 3.8) is 0 Å². The van der Waals surface area contributed by atoms with Gasteiger partial charge in [0, 0.05) is 29.3 Å². The minimum atomic E-state index is -0.363. The standard InChI is InChI=1S/C23H30ClN5O3/c1-14(2)27-20(30)18-19(26-13-25-18)21(31)28-16-6-8-23(9-7-16)10-11-29(22(23)32)17-5-3-4-15(24)12-17/h3-5,12,14,16,25-26H,6-11,13H2,1-2H3,(H,27,30)(H,28,31)/t16-,23-. The lowest BCUT2D eigenvalue weighted by Crippen LogP contribution is -2.45. The third kappa shape index (κ3) is 4.41. The van der Waals surface area contributed by atoms with Gasteiger partial charge in [-0.15, -0.1) is 0 Å². The summed E-state index contributed by atoms with van der Waals surface area (Å²) in [6.45, 7) is 4.77. The van der Waals surface area contributed by atoms with Crippen LogP contribution in [0, 0.1) is 5.41 Å². The number of amides is 3. The molecule has 0 bridgehead atoms. The zero-order chi connectivity index (χ0) is 22.9. The SMILES string of the molecule is CC(C)NC(=O)C1=C(C(=O)N[C@H]2CC[C@@]3(CCN(c4cccc(Cl)c4)C3=O)CC2)NCN1. The number of rotatable bonds is 5. The molecule has 1 saturated heterocycles. The van der Waals surface area contributed by atoms with E-state index in [1.165, 1.54) is 0 Å². The van der Waals surface area contributed by atoms with Gasteiger partial charge in [0.2, 0.25) is 5.91 Å². The van der Waals surface area contributed by atoms with Gasteiger partial charge in [-0.1, -0.05) is 17.7 Å².